The molecule has 0 saturated carbocycles. The molecule has 0 aliphatic rings. The van der Waals surface area contributed by atoms with E-state index in [9.17, 15) is 8.42 Å². The minimum Gasteiger partial charge on any atom is -0.311 e. The summed E-state index contributed by atoms with van der Waals surface area (Å²) in [6, 6.07) is 6.36. The lowest BCUT2D eigenvalue weighted by molar-refractivity contribution is 0.575. The molecule has 6 heteroatoms. The van der Waals surface area contributed by atoms with Gasteiger partial charge in [0.05, 0.1) is 16.8 Å². The van der Waals surface area contributed by atoms with Crippen molar-refractivity contribution >= 4 is 9.84 Å². The molecular formula is C9H15N3O2S. The molecule has 84 valence electrons. The lowest BCUT2D eigenvalue weighted by Gasteiger charge is -2.10. The lowest BCUT2D eigenvalue weighted by Crippen LogP contribution is -2.34. The molecule has 0 heterocycles. The molecular weight excluding hydrogens is 214 g/mol. The highest BCUT2D eigenvalue weighted by Crippen LogP contribution is 2.14. The van der Waals surface area contributed by atoms with Crippen LogP contribution in [0, 0.1) is 0 Å². The van der Waals surface area contributed by atoms with Crippen LogP contribution in [0.15, 0.2) is 29.2 Å². The highest BCUT2D eigenvalue weighted by molar-refractivity contribution is 7.91. The number of hydrogen-bond donors (Lipinski definition) is 3. The van der Waals surface area contributed by atoms with E-state index in [1.54, 1.807) is 19.1 Å². The van der Waals surface area contributed by atoms with Crippen LogP contribution in [-0.4, -0.2) is 14.2 Å². The van der Waals surface area contributed by atoms with E-state index in [0.717, 1.165) is 5.56 Å². The molecule has 5 N–H and O–H groups in total. The van der Waals surface area contributed by atoms with Gasteiger partial charge in [-0.25, -0.2) is 13.8 Å². The second-order valence-electron chi connectivity index (χ2n) is 3.12. The molecule has 1 aromatic carbocycles. The van der Waals surface area contributed by atoms with Gasteiger partial charge in [0.25, 0.3) is 0 Å². The first kappa shape index (κ1) is 12.1. The number of benzene rings is 1. The Bertz CT molecular complexity index is 413. The zero-order chi connectivity index (χ0) is 11.5. The van der Waals surface area contributed by atoms with E-state index in [1.807, 2.05) is 0 Å². The van der Waals surface area contributed by atoms with E-state index in [-0.39, 0.29) is 5.75 Å². The monoisotopic (exact) mass is 229 g/mol. The molecule has 0 aromatic heterocycles. The van der Waals surface area contributed by atoms with E-state index >= 15 is 0 Å². The van der Waals surface area contributed by atoms with Gasteiger partial charge in [-0.15, -0.1) is 0 Å². The molecule has 0 spiro atoms. The number of hydrazine groups is 1. The average molecular weight is 229 g/mol. The summed E-state index contributed by atoms with van der Waals surface area (Å²) in [6.07, 6.45) is -0.483. The highest BCUT2D eigenvalue weighted by atomic mass is 32.2. The molecule has 1 rings (SSSR count). The molecule has 5 nitrogen and oxygen atoms in total. The van der Waals surface area contributed by atoms with E-state index in [2.05, 4.69) is 5.43 Å². The summed E-state index contributed by atoms with van der Waals surface area (Å²) in [4.78, 5) is 0.304. The fourth-order valence-electron chi connectivity index (χ4n) is 1.15. The fraction of sp³-hybridized carbons (Fsp3) is 0.333. The largest absolute Gasteiger partial charge is 0.311 e. The number of nitrogens with one attached hydrogen (secondary N) is 1. The molecule has 0 amide bonds. The summed E-state index contributed by atoms with van der Waals surface area (Å²) in [5.41, 5.74) is 8.73. The van der Waals surface area contributed by atoms with Crippen molar-refractivity contribution in [2.45, 2.75) is 18.0 Å². The van der Waals surface area contributed by atoms with Crippen molar-refractivity contribution in [3.05, 3.63) is 29.8 Å². The predicted octanol–water partition coefficient (Wildman–Crippen LogP) is -0.0992. The molecule has 0 saturated heterocycles. The summed E-state index contributed by atoms with van der Waals surface area (Å²) in [6.45, 7) is 1.61. The van der Waals surface area contributed by atoms with E-state index in [0.29, 0.717) is 4.90 Å². The highest BCUT2D eigenvalue weighted by Gasteiger charge is 2.11. The van der Waals surface area contributed by atoms with Gasteiger partial charge in [-0.05, 0) is 17.7 Å². The maximum atomic E-state index is 11.5. The van der Waals surface area contributed by atoms with Crippen LogP contribution in [0.4, 0.5) is 0 Å². The Kier molecular flexibility index (Phi) is 3.81. The Morgan fingerprint density at radius 3 is 2.27 bits per heavy atom. The maximum absolute atomic E-state index is 11.5. The second kappa shape index (κ2) is 4.71. The first-order valence-corrected chi connectivity index (χ1v) is 6.21. The zero-order valence-corrected chi connectivity index (χ0v) is 9.29. The SMILES string of the molecule is CCS(=O)(=O)c1ccc(C(N)NN)cc1. The topological polar surface area (TPSA) is 98.2 Å². The van der Waals surface area contributed by atoms with Crippen LogP contribution in [0.25, 0.3) is 0 Å². The Morgan fingerprint density at radius 2 is 1.87 bits per heavy atom. The first-order chi connectivity index (χ1) is 7.01. The van der Waals surface area contributed by atoms with Crippen LogP contribution in [0.1, 0.15) is 18.7 Å². The molecule has 0 fully saturated rings. The minimum absolute atomic E-state index is 0.0908. The minimum atomic E-state index is -3.14. The smallest absolute Gasteiger partial charge is 0.178 e. The van der Waals surface area contributed by atoms with Gasteiger partial charge in [0.15, 0.2) is 9.84 Å². The Hall–Kier alpha value is -0.950. The Balaban J connectivity index is 3.00. The Labute approximate surface area is 89.4 Å². The third-order valence-electron chi connectivity index (χ3n) is 2.16. The van der Waals surface area contributed by atoms with Crippen LogP contribution in [0.5, 0.6) is 0 Å². The number of sulfone groups is 1. The van der Waals surface area contributed by atoms with Gasteiger partial charge in [-0.3, -0.25) is 5.84 Å². The normalized spacial score (nSPS) is 13.8. The van der Waals surface area contributed by atoms with Gasteiger partial charge in [0.2, 0.25) is 0 Å². The van der Waals surface area contributed by atoms with Crippen LogP contribution in [0.3, 0.4) is 0 Å². The molecule has 1 aromatic rings. The van der Waals surface area contributed by atoms with Crippen molar-refractivity contribution in [2.24, 2.45) is 11.6 Å². The summed E-state index contributed by atoms with van der Waals surface area (Å²) < 4.78 is 23.0. The van der Waals surface area contributed by atoms with Crippen molar-refractivity contribution in [3.63, 3.8) is 0 Å². The summed E-state index contributed by atoms with van der Waals surface area (Å²) >= 11 is 0. The third kappa shape index (κ3) is 2.75. The fourth-order valence-corrected chi connectivity index (χ4v) is 2.03. The lowest BCUT2D eigenvalue weighted by atomic mass is 10.2. The summed E-state index contributed by atoms with van der Waals surface area (Å²) in [5, 5.41) is 0. The second-order valence-corrected chi connectivity index (χ2v) is 5.40. The number of nitrogens with two attached hydrogens (primary N) is 2. The molecule has 1 atom stereocenters. The number of hydrogen-bond acceptors (Lipinski definition) is 5. The van der Waals surface area contributed by atoms with Gasteiger partial charge < -0.3 is 5.73 Å². The molecule has 1 unspecified atom stereocenters. The number of rotatable bonds is 4. The third-order valence-corrected chi connectivity index (χ3v) is 3.91. The van der Waals surface area contributed by atoms with Crippen LogP contribution in [0.2, 0.25) is 0 Å². The molecule has 0 radical (unpaired) electrons. The van der Waals surface area contributed by atoms with Crippen molar-refractivity contribution in [1.29, 1.82) is 0 Å². The maximum Gasteiger partial charge on any atom is 0.178 e. The predicted molar refractivity (Wildman–Crippen MR) is 58.4 cm³/mol. The van der Waals surface area contributed by atoms with Crippen LogP contribution in [-0.2, 0) is 9.84 Å². The zero-order valence-electron chi connectivity index (χ0n) is 8.47. The van der Waals surface area contributed by atoms with Crippen LogP contribution < -0.4 is 17.0 Å². The van der Waals surface area contributed by atoms with Crippen molar-refractivity contribution in [2.75, 3.05) is 5.75 Å². The van der Waals surface area contributed by atoms with Crippen molar-refractivity contribution in [1.82, 2.24) is 5.43 Å². The van der Waals surface area contributed by atoms with Crippen molar-refractivity contribution < 1.29 is 8.42 Å². The van der Waals surface area contributed by atoms with E-state index < -0.39 is 16.0 Å². The van der Waals surface area contributed by atoms with Gasteiger partial charge in [-0.2, -0.15) is 0 Å². The summed E-state index contributed by atoms with van der Waals surface area (Å²) in [7, 11) is -3.14. The van der Waals surface area contributed by atoms with Gasteiger partial charge in [0, 0.05) is 0 Å². The Morgan fingerprint density at radius 1 is 1.33 bits per heavy atom. The molecule has 0 bridgehead atoms. The molecule has 0 aliphatic heterocycles. The quantitative estimate of drug-likeness (QED) is 0.380. The van der Waals surface area contributed by atoms with Gasteiger partial charge in [0.1, 0.15) is 0 Å². The summed E-state index contributed by atoms with van der Waals surface area (Å²) in [5.74, 6) is 5.25. The van der Waals surface area contributed by atoms with E-state index in [4.69, 9.17) is 11.6 Å². The average Bonchev–Trinajstić information content (AvgIpc) is 2.28. The van der Waals surface area contributed by atoms with Crippen LogP contribution >= 0.6 is 0 Å². The molecule has 15 heavy (non-hydrogen) atoms. The standard InChI is InChI=1S/C9H15N3O2S/c1-2-15(13,14)8-5-3-7(4-6-8)9(10)12-11/h3-6,9,12H,2,10-11H2,1H3. The van der Waals surface area contributed by atoms with Gasteiger partial charge >= 0.3 is 0 Å². The molecule has 0 aliphatic carbocycles. The van der Waals surface area contributed by atoms with Crippen molar-refractivity contribution in [3.8, 4) is 0 Å². The van der Waals surface area contributed by atoms with Gasteiger partial charge in [-0.1, -0.05) is 19.1 Å². The first-order valence-electron chi connectivity index (χ1n) is 4.55. The van der Waals surface area contributed by atoms with E-state index in [1.165, 1.54) is 12.1 Å².